The van der Waals surface area contributed by atoms with Crippen molar-refractivity contribution < 1.29 is 22.7 Å². The van der Waals surface area contributed by atoms with Gasteiger partial charge in [0, 0.05) is 23.3 Å². The van der Waals surface area contributed by atoms with Gasteiger partial charge in [-0.2, -0.15) is 4.31 Å². The molecule has 1 aromatic rings. The second-order valence-electron chi connectivity index (χ2n) is 8.82. The number of esters is 1. The number of thiazole rings is 1. The molecule has 0 N–H and O–H groups in total. The highest BCUT2D eigenvalue weighted by Gasteiger charge is 2.65. The van der Waals surface area contributed by atoms with E-state index in [-0.39, 0.29) is 41.1 Å². The minimum atomic E-state index is -3.64. The average Bonchev–Trinajstić information content (AvgIpc) is 3.27. The smallest absolute Gasteiger partial charge is 0.357 e. The van der Waals surface area contributed by atoms with Gasteiger partial charge in [0.05, 0.1) is 19.4 Å². The van der Waals surface area contributed by atoms with Gasteiger partial charge in [0.25, 0.3) is 0 Å². The van der Waals surface area contributed by atoms with Gasteiger partial charge in [0.1, 0.15) is 10.8 Å². The zero-order chi connectivity index (χ0) is 20.3. The van der Waals surface area contributed by atoms with Crippen LogP contribution in [0.3, 0.4) is 0 Å². The number of rotatable bonds is 7. The molecule has 2 bridgehead atoms. The number of ketones is 1. The molecule has 0 aromatic carbocycles. The van der Waals surface area contributed by atoms with E-state index in [9.17, 15) is 18.0 Å². The van der Waals surface area contributed by atoms with E-state index in [1.165, 1.54) is 22.8 Å². The van der Waals surface area contributed by atoms with Crippen LogP contribution in [-0.2, 0) is 26.1 Å². The molecule has 0 spiro atoms. The summed E-state index contributed by atoms with van der Waals surface area (Å²) in [6.45, 7) is 4.24. The fourth-order valence-corrected chi connectivity index (χ4v) is 8.33. The lowest BCUT2D eigenvalue weighted by Crippen LogP contribution is -2.47. The summed E-state index contributed by atoms with van der Waals surface area (Å²) in [4.78, 5) is 28.7. The average molecular weight is 427 g/mol. The highest BCUT2D eigenvalue weighted by atomic mass is 32.2. The molecule has 28 heavy (non-hydrogen) atoms. The van der Waals surface area contributed by atoms with Crippen molar-refractivity contribution in [1.82, 2.24) is 9.29 Å². The highest BCUT2D eigenvalue weighted by molar-refractivity contribution is 7.89. The Morgan fingerprint density at radius 3 is 2.61 bits per heavy atom. The van der Waals surface area contributed by atoms with Crippen molar-refractivity contribution in [2.75, 3.05) is 12.9 Å². The van der Waals surface area contributed by atoms with Gasteiger partial charge in [-0.15, -0.1) is 11.3 Å². The molecule has 0 saturated heterocycles. The van der Waals surface area contributed by atoms with Crippen LogP contribution in [0.5, 0.6) is 0 Å². The molecule has 3 aliphatic rings. The van der Waals surface area contributed by atoms with E-state index < -0.39 is 21.4 Å². The molecule has 1 heterocycles. The lowest BCUT2D eigenvalue weighted by atomic mass is 9.70. The number of fused-ring (bicyclic) bond motifs is 2. The van der Waals surface area contributed by atoms with Crippen molar-refractivity contribution in [1.29, 1.82) is 0 Å². The third-order valence-electron chi connectivity index (χ3n) is 7.12. The molecule has 2 atom stereocenters. The van der Waals surface area contributed by atoms with Crippen LogP contribution in [0.25, 0.3) is 0 Å². The lowest BCUT2D eigenvalue weighted by Gasteiger charge is -2.37. The molecule has 2 unspecified atom stereocenters. The predicted octanol–water partition coefficient (Wildman–Crippen LogP) is 2.62. The summed E-state index contributed by atoms with van der Waals surface area (Å²) in [5.41, 5.74) is -0.866. The van der Waals surface area contributed by atoms with Gasteiger partial charge < -0.3 is 4.74 Å². The van der Waals surface area contributed by atoms with Crippen LogP contribution in [0.1, 0.15) is 61.4 Å². The number of nitrogens with zero attached hydrogens (tertiary/aromatic N) is 2. The van der Waals surface area contributed by atoms with Gasteiger partial charge >= 0.3 is 5.97 Å². The maximum Gasteiger partial charge on any atom is 0.357 e. The predicted molar refractivity (Wildman–Crippen MR) is 104 cm³/mol. The van der Waals surface area contributed by atoms with Crippen LogP contribution < -0.4 is 0 Å². The van der Waals surface area contributed by atoms with E-state index in [1.54, 1.807) is 5.38 Å². The maximum atomic E-state index is 13.4. The summed E-state index contributed by atoms with van der Waals surface area (Å²) in [5, 5.41) is 2.15. The van der Waals surface area contributed by atoms with E-state index in [2.05, 4.69) is 23.6 Å². The first-order valence-electron chi connectivity index (χ1n) is 9.66. The second-order valence-corrected chi connectivity index (χ2v) is 11.7. The van der Waals surface area contributed by atoms with Gasteiger partial charge in [-0.05, 0) is 37.0 Å². The van der Waals surface area contributed by atoms with Crippen LogP contribution >= 0.6 is 11.3 Å². The summed E-state index contributed by atoms with van der Waals surface area (Å²) < 4.78 is 33.1. The molecule has 9 heteroatoms. The SMILES string of the molecule is COC(=O)c1csc(CN(C2CC2)S(=O)(=O)CC23CCC(CC2=O)C3(C)C)n1. The third kappa shape index (κ3) is 3.02. The van der Waals surface area contributed by atoms with Gasteiger partial charge in [0.2, 0.25) is 10.0 Å². The third-order valence-corrected chi connectivity index (χ3v) is 9.95. The second kappa shape index (κ2) is 6.60. The van der Waals surface area contributed by atoms with Gasteiger partial charge in [-0.3, -0.25) is 4.79 Å². The van der Waals surface area contributed by atoms with E-state index in [0.29, 0.717) is 17.8 Å². The summed E-state index contributed by atoms with van der Waals surface area (Å²) in [7, 11) is -2.35. The Morgan fingerprint density at radius 1 is 1.36 bits per heavy atom. The minimum absolute atomic E-state index is 0.0382. The fourth-order valence-electron chi connectivity index (χ4n) is 5.03. The van der Waals surface area contributed by atoms with Crippen molar-refractivity contribution in [3.8, 4) is 0 Å². The first kappa shape index (κ1) is 20.0. The standard InChI is InChI=1S/C19H26N2O5S2/c1-18(2)12-6-7-19(18,15(22)8-12)11-28(24,25)21(13-4-5-13)9-16-20-14(10-27-16)17(23)26-3/h10,12-13H,4-9,11H2,1-3H3. The van der Waals surface area contributed by atoms with Gasteiger partial charge in [-0.1, -0.05) is 13.8 Å². The number of Topliss-reactive ketones (excluding diaryl/α,β-unsaturated/α-hetero) is 1. The zero-order valence-electron chi connectivity index (χ0n) is 16.4. The number of aromatic nitrogens is 1. The Hall–Kier alpha value is -1.32. The first-order chi connectivity index (χ1) is 13.1. The van der Waals surface area contributed by atoms with E-state index in [0.717, 1.165) is 19.3 Å². The van der Waals surface area contributed by atoms with E-state index >= 15 is 0 Å². The summed E-state index contributed by atoms with van der Waals surface area (Å²) in [5.74, 6) is -0.257. The van der Waals surface area contributed by atoms with Crippen LogP contribution in [0.4, 0.5) is 0 Å². The normalized spacial score (nSPS) is 28.9. The van der Waals surface area contributed by atoms with Crippen LogP contribution in [0.2, 0.25) is 0 Å². The molecule has 7 nitrogen and oxygen atoms in total. The van der Waals surface area contributed by atoms with Crippen molar-refractivity contribution in [3.05, 3.63) is 16.1 Å². The van der Waals surface area contributed by atoms with Gasteiger partial charge in [0.15, 0.2) is 5.69 Å². The Kier molecular flexibility index (Phi) is 4.71. The molecule has 0 amide bonds. The monoisotopic (exact) mass is 426 g/mol. The van der Waals surface area contributed by atoms with E-state index in [4.69, 9.17) is 0 Å². The zero-order valence-corrected chi connectivity index (χ0v) is 18.1. The number of hydrogen-bond acceptors (Lipinski definition) is 7. The maximum absolute atomic E-state index is 13.4. The molecule has 0 radical (unpaired) electrons. The van der Waals surface area contributed by atoms with Gasteiger partial charge in [-0.25, -0.2) is 18.2 Å². The lowest BCUT2D eigenvalue weighted by molar-refractivity contribution is -0.128. The molecule has 1 aromatic heterocycles. The largest absolute Gasteiger partial charge is 0.464 e. The van der Waals surface area contributed by atoms with Crippen LogP contribution in [0.15, 0.2) is 5.38 Å². The number of sulfonamides is 1. The van der Waals surface area contributed by atoms with Crippen molar-refractivity contribution in [2.45, 2.75) is 58.5 Å². The molecule has 0 aliphatic heterocycles. The molecule has 3 saturated carbocycles. The Morgan fingerprint density at radius 2 is 2.07 bits per heavy atom. The first-order valence-corrected chi connectivity index (χ1v) is 12.2. The number of hydrogen-bond donors (Lipinski definition) is 0. The molecular formula is C19H26N2O5S2. The molecule has 3 aliphatic carbocycles. The Balaban J connectivity index is 1.58. The topological polar surface area (TPSA) is 93.6 Å². The molecule has 4 rings (SSSR count). The van der Waals surface area contributed by atoms with Crippen molar-refractivity contribution in [2.24, 2.45) is 16.7 Å². The number of methoxy groups -OCH3 is 1. The molecular weight excluding hydrogens is 400 g/mol. The Labute approximate surface area is 169 Å². The number of ether oxygens (including phenoxy) is 1. The van der Waals surface area contributed by atoms with Crippen molar-refractivity contribution >= 4 is 33.1 Å². The molecule has 3 fully saturated rings. The highest BCUT2D eigenvalue weighted by Crippen LogP contribution is 2.64. The van der Waals surface area contributed by atoms with E-state index in [1.807, 2.05) is 0 Å². The quantitative estimate of drug-likeness (QED) is 0.622. The van der Waals surface area contributed by atoms with Crippen LogP contribution in [0, 0.1) is 16.7 Å². The fraction of sp³-hybridized carbons (Fsp3) is 0.737. The summed E-state index contributed by atoms with van der Waals surface area (Å²) in [6, 6.07) is -0.0382. The molecule has 154 valence electrons. The Bertz CT molecular complexity index is 919. The number of carbonyl (C=O) groups excluding carboxylic acids is 2. The summed E-state index contributed by atoms with van der Waals surface area (Å²) in [6.07, 6.45) is 3.72. The van der Waals surface area contributed by atoms with Crippen LogP contribution in [-0.4, -0.2) is 48.4 Å². The minimum Gasteiger partial charge on any atom is -0.464 e. The van der Waals surface area contributed by atoms with Crippen molar-refractivity contribution in [3.63, 3.8) is 0 Å². The summed E-state index contributed by atoms with van der Waals surface area (Å²) >= 11 is 1.25. The number of carbonyl (C=O) groups is 2.